The number of amides is 2. The summed E-state index contributed by atoms with van der Waals surface area (Å²) in [6.07, 6.45) is 4.17. The molecule has 2 aromatic heterocycles. The maximum absolute atomic E-state index is 14.4. The van der Waals surface area contributed by atoms with Crippen LogP contribution < -0.4 is 15.4 Å². The van der Waals surface area contributed by atoms with Gasteiger partial charge in [-0.1, -0.05) is 0 Å². The molecule has 3 N–H and O–H groups in total. The Hall–Kier alpha value is -3.95. The number of alkyl carbamates (subject to hydrolysis) is 1. The van der Waals surface area contributed by atoms with Crippen LogP contribution in [0.2, 0.25) is 0 Å². The van der Waals surface area contributed by atoms with Crippen LogP contribution in [0, 0.1) is 32.0 Å². The van der Waals surface area contributed by atoms with E-state index in [4.69, 9.17) is 9.47 Å². The van der Waals surface area contributed by atoms with Crippen molar-refractivity contribution in [2.75, 3.05) is 11.9 Å². The topological polar surface area (TPSA) is 118 Å². The summed E-state index contributed by atoms with van der Waals surface area (Å²) in [5.74, 6) is -0.761. The molecule has 1 aromatic carbocycles. The molecule has 0 saturated heterocycles. The third-order valence-corrected chi connectivity index (χ3v) is 7.80. The fourth-order valence-corrected chi connectivity index (χ4v) is 5.41. The standard InChI is InChI=1S/C28H30FN5O4/c1-14-10-19-22(11-20(14)29)37-13-28(8-9-28)24(19)25(32-27(36)38-18-5-6-18)26(35)31-17-4-7-21(30-12-17)23-15(2)33-34-16(23)3/h4,7,10-12,18,24-25H,5-6,8-9,13H2,1-3H3,(H,31,35)(H,32,36)(H,33,34)/t24?,25-/m0/s1. The number of aromatic amines is 1. The van der Waals surface area contributed by atoms with Crippen LogP contribution in [0.3, 0.4) is 0 Å². The van der Waals surface area contributed by atoms with Crippen LogP contribution in [0.25, 0.3) is 11.3 Å². The average Bonchev–Trinajstić information content (AvgIpc) is 3.81. The maximum Gasteiger partial charge on any atom is 0.408 e. The molecule has 2 saturated carbocycles. The Morgan fingerprint density at radius 2 is 2.00 bits per heavy atom. The molecule has 2 amide bonds. The molecule has 0 radical (unpaired) electrons. The third-order valence-electron chi connectivity index (χ3n) is 7.80. The van der Waals surface area contributed by atoms with E-state index < -0.39 is 24.0 Å². The van der Waals surface area contributed by atoms with Crippen molar-refractivity contribution < 1.29 is 23.5 Å². The van der Waals surface area contributed by atoms with Crippen molar-refractivity contribution >= 4 is 17.7 Å². The number of aryl methyl sites for hydroxylation is 3. The summed E-state index contributed by atoms with van der Waals surface area (Å²) in [6.45, 7) is 5.87. The number of fused-ring (bicyclic) bond motifs is 1. The van der Waals surface area contributed by atoms with Crippen LogP contribution in [0.4, 0.5) is 14.9 Å². The largest absolute Gasteiger partial charge is 0.493 e. The predicted octanol–water partition coefficient (Wildman–Crippen LogP) is 4.69. The Bertz CT molecular complexity index is 1390. The number of H-pyrrole nitrogens is 1. The van der Waals surface area contributed by atoms with Crippen LogP contribution in [0.15, 0.2) is 30.5 Å². The molecule has 1 aliphatic heterocycles. The Morgan fingerprint density at radius 1 is 1.21 bits per heavy atom. The highest BCUT2D eigenvalue weighted by molar-refractivity contribution is 5.97. The molecular weight excluding hydrogens is 489 g/mol. The van der Waals surface area contributed by atoms with Gasteiger partial charge in [0.15, 0.2) is 0 Å². The lowest BCUT2D eigenvalue weighted by molar-refractivity contribution is -0.119. The summed E-state index contributed by atoms with van der Waals surface area (Å²) in [6, 6.07) is 5.74. The van der Waals surface area contributed by atoms with Gasteiger partial charge < -0.3 is 20.1 Å². The van der Waals surface area contributed by atoms with Gasteiger partial charge in [0.1, 0.15) is 23.7 Å². The van der Waals surface area contributed by atoms with E-state index in [1.54, 1.807) is 25.3 Å². The normalized spacial score (nSPS) is 19.7. The van der Waals surface area contributed by atoms with Gasteiger partial charge in [0.25, 0.3) is 0 Å². The number of benzene rings is 1. The Labute approximate surface area is 219 Å². The van der Waals surface area contributed by atoms with Gasteiger partial charge in [-0.25, -0.2) is 9.18 Å². The number of nitrogens with zero attached hydrogens (tertiary/aromatic N) is 2. The smallest absolute Gasteiger partial charge is 0.408 e. The zero-order valence-electron chi connectivity index (χ0n) is 21.6. The summed E-state index contributed by atoms with van der Waals surface area (Å²) >= 11 is 0. The first-order chi connectivity index (χ1) is 18.2. The molecule has 10 heteroatoms. The lowest BCUT2D eigenvalue weighted by Gasteiger charge is -2.38. The summed E-state index contributed by atoms with van der Waals surface area (Å²) in [5, 5.41) is 12.9. The number of aromatic nitrogens is 3. The monoisotopic (exact) mass is 519 g/mol. The fourth-order valence-electron chi connectivity index (χ4n) is 5.41. The number of nitrogens with one attached hydrogen (secondary N) is 3. The molecule has 1 spiro atoms. The van der Waals surface area contributed by atoms with Gasteiger partial charge in [-0.3, -0.25) is 14.9 Å². The van der Waals surface area contributed by atoms with E-state index >= 15 is 0 Å². The summed E-state index contributed by atoms with van der Waals surface area (Å²) in [5.41, 5.74) is 4.76. The highest BCUT2D eigenvalue weighted by atomic mass is 19.1. The van der Waals surface area contributed by atoms with Gasteiger partial charge in [-0.05, 0) is 70.2 Å². The molecule has 3 heterocycles. The number of carbonyl (C=O) groups excluding carboxylic acids is 2. The van der Waals surface area contributed by atoms with E-state index in [0.29, 0.717) is 23.6 Å². The van der Waals surface area contributed by atoms with Gasteiger partial charge in [-0.15, -0.1) is 0 Å². The second-order valence-electron chi connectivity index (χ2n) is 10.7. The van der Waals surface area contributed by atoms with E-state index in [-0.39, 0.29) is 17.3 Å². The molecule has 3 aliphatic rings. The van der Waals surface area contributed by atoms with Crippen LogP contribution in [-0.4, -0.2) is 45.9 Å². The number of pyridine rings is 1. The number of hydrogen-bond acceptors (Lipinski definition) is 6. The van der Waals surface area contributed by atoms with Gasteiger partial charge in [0.2, 0.25) is 5.91 Å². The van der Waals surface area contributed by atoms with Gasteiger partial charge >= 0.3 is 6.09 Å². The molecule has 2 aliphatic carbocycles. The molecule has 2 fully saturated rings. The molecule has 38 heavy (non-hydrogen) atoms. The van der Waals surface area contributed by atoms with E-state index in [0.717, 1.165) is 53.9 Å². The molecule has 198 valence electrons. The zero-order valence-corrected chi connectivity index (χ0v) is 21.6. The summed E-state index contributed by atoms with van der Waals surface area (Å²) in [7, 11) is 0. The predicted molar refractivity (Wildman–Crippen MR) is 137 cm³/mol. The van der Waals surface area contributed by atoms with Crippen molar-refractivity contribution in [3.05, 3.63) is 58.8 Å². The zero-order chi connectivity index (χ0) is 26.6. The van der Waals surface area contributed by atoms with Gasteiger partial charge in [0.05, 0.1) is 29.9 Å². The van der Waals surface area contributed by atoms with Crippen molar-refractivity contribution in [3.8, 4) is 17.0 Å². The first kappa shape index (κ1) is 24.4. The molecule has 0 bridgehead atoms. The number of halogens is 1. The Kier molecular flexibility index (Phi) is 5.85. The van der Waals surface area contributed by atoms with Crippen LogP contribution in [0.1, 0.15) is 54.1 Å². The van der Waals surface area contributed by atoms with Crippen molar-refractivity contribution in [3.63, 3.8) is 0 Å². The van der Waals surface area contributed by atoms with Gasteiger partial charge in [-0.2, -0.15) is 5.10 Å². The van der Waals surface area contributed by atoms with Crippen molar-refractivity contribution in [2.45, 2.75) is 64.5 Å². The lowest BCUT2D eigenvalue weighted by atomic mass is 9.75. The molecular formula is C28H30FN5O4. The SMILES string of the molecule is Cc1cc2c(cc1F)OCC1(CC1)C2[C@H](NC(=O)OC1CC1)C(=O)Nc1ccc(-c2c(C)n[nH]c2C)nc1. The third kappa shape index (κ3) is 4.48. The summed E-state index contributed by atoms with van der Waals surface area (Å²) in [4.78, 5) is 31.1. The minimum atomic E-state index is -0.950. The highest BCUT2D eigenvalue weighted by Gasteiger charge is 2.58. The Morgan fingerprint density at radius 3 is 2.63 bits per heavy atom. The quantitative estimate of drug-likeness (QED) is 0.435. The van der Waals surface area contributed by atoms with E-state index in [2.05, 4.69) is 25.8 Å². The molecule has 1 unspecified atom stereocenters. The van der Waals surface area contributed by atoms with Gasteiger partial charge in [0, 0.05) is 34.2 Å². The van der Waals surface area contributed by atoms with E-state index in [1.807, 2.05) is 19.9 Å². The van der Waals surface area contributed by atoms with Crippen LogP contribution in [-0.2, 0) is 9.53 Å². The number of rotatable bonds is 6. The average molecular weight is 520 g/mol. The number of carbonyl (C=O) groups is 2. The van der Waals surface area contributed by atoms with Crippen molar-refractivity contribution in [1.29, 1.82) is 0 Å². The molecule has 2 atom stereocenters. The number of ether oxygens (including phenoxy) is 2. The van der Waals surface area contributed by atoms with Crippen molar-refractivity contribution in [2.24, 2.45) is 5.41 Å². The first-order valence-electron chi connectivity index (χ1n) is 12.9. The maximum atomic E-state index is 14.4. The molecule has 3 aromatic rings. The number of anilines is 1. The van der Waals surface area contributed by atoms with Crippen LogP contribution >= 0.6 is 0 Å². The van der Waals surface area contributed by atoms with E-state index in [1.165, 1.54) is 6.07 Å². The van der Waals surface area contributed by atoms with E-state index in [9.17, 15) is 14.0 Å². The first-order valence-corrected chi connectivity index (χ1v) is 12.9. The number of hydrogen-bond donors (Lipinski definition) is 3. The minimum Gasteiger partial charge on any atom is -0.493 e. The second-order valence-corrected chi connectivity index (χ2v) is 10.7. The highest BCUT2D eigenvalue weighted by Crippen LogP contribution is 2.61. The fraction of sp³-hybridized carbons (Fsp3) is 0.429. The molecule has 6 rings (SSSR count). The lowest BCUT2D eigenvalue weighted by Crippen LogP contribution is -2.52. The summed E-state index contributed by atoms with van der Waals surface area (Å²) < 4.78 is 25.7. The second kappa shape index (κ2) is 9.11. The van der Waals surface area contributed by atoms with Crippen molar-refractivity contribution in [1.82, 2.24) is 20.5 Å². The minimum absolute atomic E-state index is 0.113. The van der Waals surface area contributed by atoms with Crippen LogP contribution in [0.5, 0.6) is 5.75 Å². The Balaban J connectivity index is 1.31. The molecule has 9 nitrogen and oxygen atoms in total.